The molecule has 0 radical (unpaired) electrons. The van der Waals surface area contributed by atoms with Crippen LogP contribution >= 0.6 is 12.2 Å². The average Bonchev–Trinajstić information content (AvgIpc) is 3.01. The Labute approximate surface area is 205 Å². The van der Waals surface area contributed by atoms with Crippen LogP contribution < -0.4 is 9.64 Å². The summed E-state index contributed by atoms with van der Waals surface area (Å²) in [5.41, 5.74) is 3.48. The van der Waals surface area contributed by atoms with E-state index in [1.165, 1.54) is 0 Å². The van der Waals surface area contributed by atoms with E-state index < -0.39 is 5.54 Å². The van der Waals surface area contributed by atoms with Gasteiger partial charge in [0.2, 0.25) is 0 Å². The Balaban J connectivity index is 1.37. The Morgan fingerprint density at radius 3 is 2.53 bits per heavy atom. The number of hydrogen-bond acceptors (Lipinski definition) is 4. The second-order valence-electron chi connectivity index (χ2n) is 8.68. The molecule has 2 aromatic carbocycles. The van der Waals surface area contributed by atoms with Gasteiger partial charge in [0.15, 0.2) is 10.8 Å². The van der Waals surface area contributed by atoms with Crippen LogP contribution in [0.1, 0.15) is 25.8 Å². The van der Waals surface area contributed by atoms with Crippen molar-refractivity contribution in [2.75, 3.05) is 18.1 Å². The Kier molecular flexibility index (Phi) is 6.62. The third-order valence-corrected chi connectivity index (χ3v) is 6.43. The van der Waals surface area contributed by atoms with Gasteiger partial charge >= 0.3 is 0 Å². The van der Waals surface area contributed by atoms with Gasteiger partial charge in [-0.1, -0.05) is 24.3 Å². The first-order chi connectivity index (χ1) is 16.3. The highest BCUT2D eigenvalue weighted by molar-refractivity contribution is 7.80. The summed E-state index contributed by atoms with van der Waals surface area (Å²) in [5, 5.41) is 0.478. The molecule has 2 heterocycles. The number of aromatic nitrogens is 1. The number of aryl methyl sites for hydroxylation is 1. The zero-order valence-electron chi connectivity index (χ0n) is 19.5. The summed E-state index contributed by atoms with van der Waals surface area (Å²) >= 11 is 5.70. The molecule has 172 valence electrons. The fourth-order valence-electron chi connectivity index (χ4n) is 4.03. The number of pyridine rings is 1. The Morgan fingerprint density at radius 2 is 1.88 bits per heavy atom. The number of thiocarbonyl (C=S) groups is 1. The van der Waals surface area contributed by atoms with Crippen LogP contribution in [0.15, 0.2) is 67.0 Å². The largest absolute Gasteiger partial charge is 0.494 e. The third kappa shape index (κ3) is 4.50. The van der Waals surface area contributed by atoms with Gasteiger partial charge in [0.25, 0.3) is 5.91 Å². The third-order valence-electron chi connectivity index (χ3n) is 6.03. The van der Waals surface area contributed by atoms with Crippen molar-refractivity contribution in [2.45, 2.75) is 32.7 Å². The van der Waals surface area contributed by atoms with Crippen molar-refractivity contribution in [3.63, 3.8) is 0 Å². The first kappa shape index (κ1) is 23.4. The van der Waals surface area contributed by atoms with Crippen molar-refractivity contribution in [2.24, 2.45) is 0 Å². The number of carbonyl (C=O) groups excluding carboxylic acids is 1. The summed E-state index contributed by atoms with van der Waals surface area (Å²) in [5.74, 6) is 0.725. The lowest BCUT2D eigenvalue weighted by Gasteiger charge is -2.29. The first-order valence-corrected chi connectivity index (χ1v) is 11.5. The number of benzene rings is 2. The molecule has 6 nitrogen and oxygen atoms in total. The fourth-order valence-corrected chi connectivity index (χ4v) is 4.54. The lowest BCUT2D eigenvalue weighted by molar-refractivity contribution is -0.123. The number of carbonyl (C=O) groups is 1. The maximum absolute atomic E-state index is 13.2. The van der Waals surface area contributed by atoms with Gasteiger partial charge < -0.3 is 9.64 Å². The second-order valence-corrected chi connectivity index (χ2v) is 9.05. The second kappa shape index (κ2) is 9.62. The molecule has 1 fully saturated rings. The molecule has 1 saturated heterocycles. The molecule has 3 aromatic rings. The van der Waals surface area contributed by atoms with Crippen molar-refractivity contribution in [3.05, 3.63) is 84.0 Å². The van der Waals surface area contributed by atoms with E-state index >= 15 is 0 Å². The van der Waals surface area contributed by atoms with Crippen LogP contribution in [0.4, 0.5) is 11.4 Å². The van der Waals surface area contributed by atoms with Gasteiger partial charge in [-0.15, -0.1) is 0 Å². The number of amides is 1. The molecule has 0 bridgehead atoms. The molecule has 1 aliphatic rings. The Bertz CT molecular complexity index is 1250. The lowest BCUT2D eigenvalue weighted by Crippen LogP contribution is -2.44. The first-order valence-electron chi connectivity index (χ1n) is 11.1. The summed E-state index contributed by atoms with van der Waals surface area (Å²) in [6.45, 7) is 14.0. The quantitative estimate of drug-likeness (QED) is 0.249. The molecule has 0 unspecified atom stereocenters. The number of rotatable bonds is 7. The van der Waals surface area contributed by atoms with E-state index in [1.807, 2.05) is 74.3 Å². The standard InChI is InChI=1S/C27H26N4O2S/c1-19-17-22(10-13-24(19)28-4)31-25(32)27(2,3)30(26(31)34)15-6-16-33-23-11-8-20(9-12-23)21-7-5-14-29-18-21/h5,7-14,17-18H,6,15-16H2,1-3H3. The normalized spacial score (nSPS) is 14.9. The van der Waals surface area contributed by atoms with Gasteiger partial charge in [-0.2, -0.15) is 0 Å². The average molecular weight is 471 g/mol. The van der Waals surface area contributed by atoms with Gasteiger partial charge in [-0.3, -0.25) is 14.7 Å². The zero-order valence-corrected chi connectivity index (χ0v) is 20.3. The summed E-state index contributed by atoms with van der Waals surface area (Å²) in [7, 11) is 0. The topological polar surface area (TPSA) is 50.0 Å². The summed E-state index contributed by atoms with van der Waals surface area (Å²) in [6, 6.07) is 17.2. The van der Waals surface area contributed by atoms with Gasteiger partial charge in [0.1, 0.15) is 11.3 Å². The maximum Gasteiger partial charge on any atom is 0.258 e. The van der Waals surface area contributed by atoms with E-state index in [0.717, 1.165) is 22.4 Å². The van der Waals surface area contributed by atoms with Gasteiger partial charge in [0, 0.05) is 24.6 Å². The number of hydrogen-bond donors (Lipinski definition) is 0. The van der Waals surface area contributed by atoms with Crippen molar-refractivity contribution in [1.82, 2.24) is 9.88 Å². The van der Waals surface area contributed by atoms with Gasteiger partial charge in [-0.25, -0.2) is 4.85 Å². The molecule has 1 aliphatic heterocycles. The predicted molar refractivity (Wildman–Crippen MR) is 138 cm³/mol. The molecule has 34 heavy (non-hydrogen) atoms. The Morgan fingerprint density at radius 1 is 1.12 bits per heavy atom. The van der Waals surface area contributed by atoms with Crippen molar-refractivity contribution < 1.29 is 9.53 Å². The SMILES string of the molecule is [C-]#[N+]c1ccc(N2C(=O)C(C)(C)N(CCCOc3ccc(-c4cccnc4)cc3)C2=S)cc1C. The fraction of sp³-hybridized carbons (Fsp3) is 0.259. The maximum atomic E-state index is 13.2. The molecule has 7 heteroatoms. The number of nitrogens with zero attached hydrogens (tertiary/aromatic N) is 4. The smallest absolute Gasteiger partial charge is 0.258 e. The highest BCUT2D eigenvalue weighted by Crippen LogP contribution is 2.34. The summed E-state index contributed by atoms with van der Waals surface area (Å²) < 4.78 is 5.93. The molecule has 0 aliphatic carbocycles. The van der Waals surface area contributed by atoms with Crippen LogP contribution in [0.25, 0.3) is 16.0 Å². The summed E-state index contributed by atoms with van der Waals surface area (Å²) in [6.07, 6.45) is 4.31. The van der Waals surface area contributed by atoms with Crippen LogP contribution in [0.3, 0.4) is 0 Å². The van der Waals surface area contributed by atoms with Crippen LogP contribution in [-0.2, 0) is 4.79 Å². The highest BCUT2D eigenvalue weighted by atomic mass is 32.1. The van der Waals surface area contributed by atoms with E-state index in [-0.39, 0.29) is 5.91 Å². The number of ether oxygens (including phenoxy) is 1. The van der Waals surface area contributed by atoms with E-state index in [1.54, 1.807) is 23.2 Å². The molecule has 0 saturated carbocycles. The molecule has 0 spiro atoms. The van der Waals surface area contributed by atoms with Crippen molar-refractivity contribution in [3.8, 4) is 16.9 Å². The molecular weight excluding hydrogens is 444 g/mol. The molecule has 1 aromatic heterocycles. The highest BCUT2D eigenvalue weighted by Gasteiger charge is 2.49. The number of anilines is 1. The molecular formula is C27H26N4O2S. The summed E-state index contributed by atoms with van der Waals surface area (Å²) in [4.78, 5) is 24.4. The van der Waals surface area contributed by atoms with E-state index in [0.29, 0.717) is 36.1 Å². The van der Waals surface area contributed by atoms with E-state index in [4.69, 9.17) is 23.5 Å². The van der Waals surface area contributed by atoms with Gasteiger partial charge in [-0.05, 0) is 86.4 Å². The van der Waals surface area contributed by atoms with Crippen LogP contribution in [-0.4, -0.2) is 39.6 Å². The Hall–Kier alpha value is -3.76. The molecule has 0 N–H and O–H groups in total. The molecule has 1 amide bonds. The van der Waals surface area contributed by atoms with Crippen molar-refractivity contribution in [1.29, 1.82) is 0 Å². The minimum absolute atomic E-state index is 0.0700. The van der Waals surface area contributed by atoms with Crippen LogP contribution in [0.2, 0.25) is 0 Å². The molecule has 4 rings (SSSR count). The predicted octanol–water partition coefficient (Wildman–Crippen LogP) is 5.79. The van der Waals surface area contributed by atoms with E-state index in [2.05, 4.69) is 9.83 Å². The zero-order chi connectivity index (χ0) is 24.3. The van der Waals surface area contributed by atoms with Crippen LogP contribution in [0.5, 0.6) is 5.75 Å². The van der Waals surface area contributed by atoms with E-state index in [9.17, 15) is 4.79 Å². The lowest BCUT2D eigenvalue weighted by atomic mass is 10.0. The monoisotopic (exact) mass is 470 g/mol. The minimum Gasteiger partial charge on any atom is -0.494 e. The van der Waals surface area contributed by atoms with Gasteiger partial charge in [0.05, 0.1) is 13.2 Å². The van der Waals surface area contributed by atoms with Crippen LogP contribution in [0, 0.1) is 13.5 Å². The van der Waals surface area contributed by atoms with Crippen molar-refractivity contribution >= 4 is 34.6 Å². The minimum atomic E-state index is -0.755. The molecule has 0 atom stereocenters.